The molecule has 3 heterocycles. The van der Waals surface area contributed by atoms with E-state index in [9.17, 15) is 35.4 Å². The zero-order valence-electron chi connectivity index (χ0n) is 23.5. The van der Waals surface area contributed by atoms with Crippen molar-refractivity contribution in [1.29, 1.82) is 0 Å². The summed E-state index contributed by atoms with van der Waals surface area (Å²) < 4.78 is 38.9. The fourth-order valence-corrected chi connectivity index (χ4v) is 5.01. The van der Waals surface area contributed by atoms with Gasteiger partial charge in [0, 0.05) is 0 Å². The van der Waals surface area contributed by atoms with Gasteiger partial charge in [-0.1, -0.05) is 12.1 Å². The molecule has 0 amide bonds. The highest BCUT2D eigenvalue weighted by atomic mass is 16.7. The highest BCUT2D eigenvalue weighted by Gasteiger charge is 2.47. The molecule has 2 aromatic carbocycles. The largest absolute Gasteiger partial charge is 0.497 e. The molecule has 0 bridgehead atoms. The van der Waals surface area contributed by atoms with Crippen molar-refractivity contribution in [2.75, 3.05) is 20.8 Å². The average Bonchev–Trinajstić information content (AvgIpc) is 3.02. The Kier molecular flexibility index (Phi) is 9.22. The van der Waals surface area contributed by atoms with E-state index in [1.807, 2.05) is 0 Å². The van der Waals surface area contributed by atoms with Crippen molar-refractivity contribution in [3.05, 3.63) is 52.9 Å². The Bertz CT molecular complexity index is 1460. The van der Waals surface area contributed by atoms with Crippen LogP contribution in [-0.4, -0.2) is 113 Å². The second-order valence-electron chi connectivity index (χ2n) is 10.3. The maximum absolute atomic E-state index is 13.4. The molecule has 3 aromatic rings. The first-order valence-electron chi connectivity index (χ1n) is 13.5. The molecule has 0 radical (unpaired) electrons. The van der Waals surface area contributed by atoms with Gasteiger partial charge in [0.25, 0.3) is 0 Å². The van der Waals surface area contributed by atoms with Crippen LogP contribution in [0.25, 0.3) is 22.1 Å². The fraction of sp³-hybridized carbons (Fsp3) is 0.483. The fourth-order valence-electron chi connectivity index (χ4n) is 5.01. The highest BCUT2D eigenvalue weighted by molar-refractivity contribution is 5.88. The molecular formula is C29H34O14. The monoisotopic (exact) mass is 606 g/mol. The standard InChI is InChI=1S/C29H34O14/c1-12-19(30)22(33)24(35)28(41-12)40-11-18-21(32)23(34)25(36)29(42-18)43-27-17(38-3)9-8-15-20(31)16(10-39-26(15)27)13-4-6-14(37-2)7-5-13/h4-10,12,18-19,21-25,28-30,32-36H,11H2,1-3H3/t12-,18+,19+,21-,22-,23-,24+,25+,28-,29-/m0/s1. The van der Waals surface area contributed by atoms with Gasteiger partial charge in [0.1, 0.15) is 54.7 Å². The molecule has 2 fully saturated rings. The summed E-state index contributed by atoms with van der Waals surface area (Å²) in [6.45, 7) is 0.997. The summed E-state index contributed by atoms with van der Waals surface area (Å²) in [6, 6.07) is 9.79. The Hall–Kier alpha value is -3.31. The predicted molar refractivity (Wildman–Crippen MR) is 147 cm³/mol. The maximum atomic E-state index is 13.4. The Morgan fingerprint density at radius 1 is 0.767 bits per heavy atom. The molecule has 10 atom stereocenters. The number of aliphatic hydroxyl groups is 6. The van der Waals surface area contributed by atoms with E-state index >= 15 is 0 Å². The van der Waals surface area contributed by atoms with Crippen LogP contribution in [0.2, 0.25) is 0 Å². The highest BCUT2D eigenvalue weighted by Crippen LogP contribution is 2.38. The van der Waals surface area contributed by atoms with E-state index in [1.165, 1.54) is 39.5 Å². The lowest BCUT2D eigenvalue weighted by Gasteiger charge is -2.42. The number of aliphatic hydroxyl groups excluding tert-OH is 6. The van der Waals surface area contributed by atoms with Crippen molar-refractivity contribution >= 4 is 11.0 Å². The lowest BCUT2D eigenvalue weighted by molar-refractivity contribution is -0.318. The van der Waals surface area contributed by atoms with Crippen molar-refractivity contribution in [2.45, 2.75) is 68.3 Å². The third-order valence-corrected chi connectivity index (χ3v) is 7.62. The van der Waals surface area contributed by atoms with Crippen LogP contribution in [0.4, 0.5) is 0 Å². The maximum Gasteiger partial charge on any atom is 0.229 e. The van der Waals surface area contributed by atoms with Gasteiger partial charge >= 0.3 is 0 Å². The number of ether oxygens (including phenoxy) is 6. The van der Waals surface area contributed by atoms with Gasteiger partial charge in [-0.05, 0) is 36.8 Å². The van der Waals surface area contributed by atoms with Crippen molar-refractivity contribution in [2.24, 2.45) is 0 Å². The summed E-state index contributed by atoms with van der Waals surface area (Å²) in [5.74, 6) is 0.629. The summed E-state index contributed by atoms with van der Waals surface area (Å²) in [5, 5.41) is 62.1. The minimum Gasteiger partial charge on any atom is -0.497 e. The Labute approximate surface area is 245 Å². The number of fused-ring (bicyclic) bond motifs is 1. The minimum atomic E-state index is -1.76. The smallest absolute Gasteiger partial charge is 0.229 e. The van der Waals surface area contributed by atoms with Gasteiger partial charge in [0.05, 0.1) is 37.9 Å². The van der Waals surface area contributed by atoms with E-state index < -0.39 is 68.0 Å². The summed E-state index contributed by atoms with van der Waals surface area (Å²) in [5.41, 5.74) is 0.462. The normalized spacial score (nSPS) is 32.9. The molecule has 14 heteroatoms. The van der Waals surface area contributed by atoms with E-state index in [1.54, 1.807) is 24.3 Å². The summed E-state index contributed by atoms with van der Waals surface area (Å²) in [4.78, 5) is 13.4. The van der Waals surface area contributed by atoms with Crippen LogP contribution in [0.1, 0.15) is 6.92 Å². The molecule has 0 unspecified atom stereocenters. The van der Waals surface area contributed by atoms with Crippen LogP contribution < -0.4 is 19.6 Å². The molecule has 0 spiro atoms. The van der Waals surface area contributed by atoms with Crippen LogP contribution in [0.3, 0.4) is 0 Å². The van der Waals surface area contributed by atoms with Crippen molar-refractivity contribution < 1.29 is 63.5 Å². The molecule has 0 aliphatic carbocycles. The van der Waals surface area contributed by atoms with Crippen LogP contribution >= 0.6 is 0 Å². The first-order valence-corrected chi connectivity index (χ1v) is 13.5. The first kappa shape index (κ1) is 31.1. The quantitative estimate of drug-likeness (QED) is 0.191. The van der Waals surface area contributed by atoms with E-state index in [4.69, 9.17) is 32.8 Å². The van der Waals surface area contributed by atoms with Gasteiger partial charge in [0.2, 0.25) is 17.5 Å². The Morgan fingerprint density at radius 3 is 2.12 bits per heavy atom. The summed E-state index contributed by atoms with van der Waals surface area (Å²) in [6.07, 6.45) is -13.6. The lowest BCUT2D eigenvalue weighted by Crippen LogP contribution is -2.61. The second-order valence-corrected chi connectivity index (χ2v) is 10.3. The SMILES string of the molecule is COc1ccc(-c2coc3c(O[C@@H]4O[C@H](CO[C@H]5O[C@@H](C)[C@@H](O)[C@H](O)[C@H]5O)[C@H](O)[C@H](O)[C@H]4O)c(OC)ccc3c2=O)cc1. The zero-order valence-corrected chi connectivity index (χ0v) is 23.5. The van der Waals surface area contributed by atoms with Crippen molar-refractivity contribution in [1.82, 2.24) is 0 Å². The van der Waals surface area contributed by atoms with Crippen molar-refractivity contribution in [3.8, 4) is 28.4 Å². The molecule has 0 saturated carbocycles. The second kappa shape index (κ2) is 12.7. The third kappa shape index (κ3) is 5.93. The van der Waals surface area contributed by atoms with E-state index in [0.29, 0.717) is 11.3 Å². The van der Waals surface area contributed by atoms with Crippen LogP contribution in [0, 0.1) is 0 Å². The van der Waals surface area contributed by atoms with Crippen LogP contribution in [0.15, 0.2) is 51.9 Å². The van der Waals surface area contributed by atoms with Gasteiger partial charge in [-0.3, -0.25) is 4.79 Å². The molecule has 2 aliphatic rings. The first-order chi connectivity index (χ1) is 20.5. The topological polar surface area (TPSA) is 207 Å². The Morgan fingerprint density at radius 2 is 1.44 bits per heavy atom. The molecule has 5 rings (SSSR count). The van der Waals surface area contributed by atoms with Crippen LogP contribution in [-0.2, 0) is 14.2 Å². The van der Waals surface area contributed by atoms with E-state index in [0.717, 1.165) is 0 Å². The van der Waals surface area contributed by atoms with Crippen LogP contribution in [0.5, 0.6) is 17.2 Å². The molecule has 6 N–H and O–H groups in total. The lowest BCUT2D eigenvalue weighted by atomic mass is 9.98. The van der Waals surface area contributed by atoms with Gasteiger partial charge in [-0.2, -0.15) is 0 Å². The van der Waals surface area contributed by atoms with Gasteiger partial charge in [-0.15, -0.1) is 0 Å². The molecule has 43 heavy (non-hydrogen) atoms. The number of rotatable bonds is 8. The summed E-state index contributed by atoms with van der Waals surface area (Å²) in [7, 11) is 2.89. The number of methoxy groups -OCH3 is 2. The number of hydrogen-bond donors (Lipinski definition) is 6. The van der Waals surface area contributed by atoms with Gasteiger partial charge in [0.15, 0.2) is 17.6 Å². The number of hydrogen-bond acceptors (Lipinski definition) is 14. The average molecular weight is 607 g/mol. The molecule has 14 nitrogen and oxygen atoms in total. The van der Waals surface area contributed by atoms with E-state index in [-0.39, 0.29) is 33.5 Å². The summed E-state index contributed by atoms with van der Waals surface area (Å²) >= 11 is 0. The molecular weight excluding hydrogens is 572 g/mol. The molecule has 1 aromatic heterocycles. The Balaban J connectivity index is 1.40. The predicted octanol–water partition coefficient (Wildman–Crippen LogP) is -0.492. The molecule has 234 valence electrons. The zero-order chi connectivity index (χ0) is 31.0. The van der Waals surface area contributed by atoms with Gasteiger partial charge in [-0.25, -0.2) is 0 Å². The molecule has 2 saturated heterocycles. The van der Waals surface area contributed by atoms with Crippen molar-refractivity contribution in [3.63, 3.8) is 0 Å². The van der Waals surface area contributed by atoms with Gasteiger partial charge < -0.3 is 63.5 Å². The van der Waals surface area contributed by atoms with E-state index in [2.05, 4.69) is 0 Å². The third-order valence-electron chi connectivity index (χ3n) is 7.62. The minimum absolute atomic E-state index is 0.0221. The molecule has 2 aliphatic heterocycles. The number of benzene rings is 2.